The Labute approximate surface area is 52.2 Å². The van der Waals surface area contributed by atoms with Crippen molar-refractivity contribution in [2.45, 2.75) is 19.1 Å². The van der Waals surface area contributed by atoms with Crippen LogP contribution in [0.15, 0.2) is 0 Å². The highest BCUT2D eigenvalue weighted by Crippen LogP contribution is 2.04. The van der Waals surface area contributed by atoms with Crippen LogP contribution in [0.3, 0.4) is 0 Å². The topological polar surface area (TPSA) is 38.3 Å². The number of ether oxygens (including phenoxy) is 1. The smallest absolute Gasteiger partial charge is 0.407 e. The van der Waals surface area contributed by atoms with E-state index in [0.717, 1.165) is 0 Å². The van der Waals surface area contributed by atoms with E-state index in [1.807, 2.05) is 0 Å². The van der Waals surface area contributed by atoms with E-state index in [9.17, 15) is 9.18 Å². The molecule has 0 aromatic carbocycles. The molecule has 3 nitrogen and oxygen atoms in total. The van der Waals surface area contributed by atoms with Crippen molar-refractivity contribution in [1.29, 1.82) is 0 Å². The zero-order chi connectivity index (χ0) is 6.85. The summed E-state index contributed by atoms with van der Waals surface area (Å²) in [5, 5.41) is 2.32. The van der Waals surface area contributed by atoms with Gasteiger partial charge in [0.1, 0.15) is 12.8 Å². The molecule has 0 radical (unpaired) electrons. The van der Waals surface area contributed by atoms with E-state index >= 15 is 0 Å². The minimum absolute atomic E-state index is 0.149. The molecule has 52 valence electrons. The lowest BCUT2D eigenvalue weighted by molar-refractivity contribution is 0.173. The highest BCUT2D eigenvalue weighted by molar-refractivity contribution is 5.69. The van der Waals surface area contributed by atoms with Crippen molar-refractivity contribution in [2.24, 2.45) is 0 Å². The molecule has 1 aliphatic heterocycles. The van der Waals surface area contributed by atoms with Crippen molar-refractivity contribution in [3.63, 3.8) is 0 Å². The normalized spacial score (nSPS) is 29.1. The van der Waals surface area contributed by atoms with Gasteiger partial charge in [-0.15, -0.1) is 0 Å². The van der Waals surface area contributed by atoms with Crippen LogP contribution in [0.2, 0.25) is 0 Å². The van der Waals surface area contributed by atoms with Gasteiger partial charge in [-0.3, -0.25) is 0 Å². The molecule has 1 fully saturated rings. The van der Waals surface area contributed by atoms with Crippen LogP contribution in [0.5, 0.6) is 0 Å². The number of halogens is 1. The third kappa shape index (κ3) is 1.31. The molecule has 0 bridgehead atoms. The minimum atomic E-state index is -1.03. The maximum absolute atomic E-state index is 12.3. The fraction of sp³-hybridized carbons (Fsp3) is 0.800. The molecule has 4 heteroatoms. The maximum atomic E-state index is 12.3. The second-order valence-electron chi connectivity index (χ2n) is 2.03. The van der Waals surface area contributed by atoms with E-state index in [2.05, 4.69) is 10.1 Å². The molecular weight excluding hydrogens is 125 g/mol. The molecule has 0 saturated carbocycles. The van der Waals surface area contributed by atoms with Gasteiger partial charge in [-0.1, -0.05) is 0 Å². The number of hydrogen-bond donors (Lipinski definition) is 1. The number of rotatable bonds is 1. The molecule has 0 aromatic rings. The van der Waals surface area contributed by atoms with Crippen molar-refractivity contribution in [2.75, 3.05) is 6.61 Å². The highest BCUT2D eigenvalue weighted by Gasteiger charge is 2.26. The molecule has 1 amide bonds. The Morgan fingerprint density at radius 3 is 2.89 bits per heavy atom. The summed E-state index contributed by atoms with van der Waals surface area (Å²) in [7, 11) is 0. The third-order valence-corrected chi connectivity index (χ3v) is 1.25. The Hall–Kier alpha value is -0.800. The molecule has 1 rings (SSSR count). The molecule has 9 heavy (non-hydrogen) atoms. The van der Waals surface area contributed by atoms with Crippen LogP contribution in [0.25, 0.3) is 0 Å². The molecule has 0 aliphatic carbocycles. The number of alkyl halides is 1. The Morgan fingerprint density at radius 1 is 2.00 bits per heavy atom. The summed E-state index contributed by atoms with van der Waals surface area (Å²) < 4.78 is 16.7. The minimum Gasteiger partial charge on any atom is -0.447 e. The zero-order valence-corrected chi connectivity index (χ0v) is 5.06. The first-order chi connectivity index (χ1) is 4.20. The summed E-state index contributed by atoms with van der Waals surface area (Å²) in [6.07, 6.45) is -1.55. The quantitative estimate of drug-likeness (QED) is 0.564. The first-order valence-electron chi connectivity index (χ1n) is 2.77. The van der Waals surface area contributed by atoms with E-state index in [-0.39, 0.29) is 6.61 Å². The van der Waals surface area contributed by atoms with E-state index < -0.39 is 18.3 Å². The zero-order valence-electron chi connectivity index (χ0n) is 5.06. The van der Waals surface area contributed by atoms with Gasteiger partial charge < -0.3 is 10.1 Å². The third-order valence-electron chi connectivity index (χ3n) is 1.25. The van der Waals surface area contributed by atoms with Crippen molar-refractivity contribution < 1.29 is 13.9 Å². The monoisotopic (exact) mass is 133 g/mol. The van der Waals surface area contributed by atoms with Gasteiger partial charge in [-0.25, -0.2) is 9.18 Å². The van der Waals surface area contributed by atoms with E-state index in [0.29, 0.717) is 0 Å². The molecule has 1 saturated heterocycles. The van der Waals surface area contributed by atoms with Crippen molar-refractivity contribution in [3.8, 4) is 0 Å². The summed E-state index contributed by atoms with van der Waals surface area (Å²) in [4.78, 5) is 10.3. The molecule has 1 heterocycles. The number of cyclic esters (lactones) is 1. The summed E-state index contributed by atoms with van der Waals surface area (Å²) in [6.45, 7) is 1.54. The number of carbonyl (C=O) groups is 1. The number of alkyl carbamates (subject to hydrolysis) is 1. The molecule has 1 aliphatic rings. The Balaban J connectivity index is 2.39. The lowest BCUT2D eigenvalue weighted by Crippen LogP contribution is -2.33. The number of hydrogen-bond acceptors (Lipinski definition) is 2. The number of amides is 1. The summed E-state index contributed by atoms with van der Waals surface area (Å²) in [5.41, 5.74) is 0. The maximum Gasteiger partial charge on any atom is 0.407 e. The fourth-order valence-corrected chi connectivity index (χ4v) is 0.648. The summed E-state index contributed by atoms with van der Waals surface area (Å²) in [5.74, 6) is 0. The van der Waals surface area contributed by atoms with Crippen LogP contribution >= 0.6 is 0 Å². The summed E-state index contributed by atoms with van der Waals surface area (Å²) >= 11 is 0. The lowest BCUT2D eigenvalue weighted by Gasteiger charge is -2.05. The van der Waals surface area contributed by atoms with E-state index in [4.69, 9.17) is 0 Å². The standard InChI is InChI=1S/C5H8FNO2/c1-3(6)4-2-9-5(8)7-4/h3-4H,2H2,1H3,(H,7,8)/t3?,4-/m0/s1. The second kappa shape index (κ2) is 2.21. The second-order valence-corrected chi connectivity index (χ2v) is 2.03. The van der Waals surface area contributed by atoms with Gasteiger partial charge in [0.25, 0.3) is 0 Å². The molecule has 1 unspecified atom stereocenters. The van der Waals surface area contributed by atoms with Gasteiger partial charge in [0.15, 0.2) is 0 Å². The van der Waals surface area contributed by atoms with Gasteiger partial charge in [0, 0.05) is 0 Å². The van der Waals surface area contributed by atoms with Crippen LogP contribution in [-0.2, 0) is 4.74 Å². The van der Waals surface area contributed by atoms with Crippen molar-refractivity contribution >= 4 is 6.09 Å². The Kier molecular flexibility index (Phi) is 1.55. The van der Waals surface area contributed by atoms with Crippen molar-refractivity contribution in [3.05, 3.63) is 0 Å². The fourth-order valence-electron chi connectivity index (χ4n) is 0.648. The average Bonchev–Trinajstić information content (AvgIpc) is 2.14. The van der Waals surface area contributed by atoms with Gasteiger partial charge in [-0.05, 0) is 6.92 Å². The lowest BCUT2D eigenvalue weighted by atomic mass is 10.2. The predicted octanol–water partition coefficient (Wildman–Crippen LogP) is 0.453. The van der Waals surface area contributed by atoms with E-state index in [1.54, 1.807) is 0 Å². The number of carbonyl (C=O) groups excluding carboxylic acids is 1. The number of nitrogens with one attached hydrogen (secondary N) is 1. The molecule has 0 spiro atoms. The first kappa shape index (κ1) is 6.32. The van der Waals surface area contributed by atoms with Crippen LogP contribution in [0.4, 0.5) is 9.18 Å². The van der Waals surface area contributed by atoms with Crippen LogP contribution in [-0.4, -0.2) is 24.9 Å². The van der Waals surface area contributed by atoms with Gasteiger partial charge in [0.05, 0.1) is 6.04 Å². The van der Waals surface area contributed by atoms with E-state index in [1.165, 1.54) is 6.92 Å². The van der Waals surface area contributed by atoms with Gasteiger partial charge >= 0.3 is 6.09 Å². The van der Waals surface area contributed by atoms with Crippen LogP contribution in [0.1, 0.15) is 6.92 Å². The molecular formula is C5H8FNO2. The Morgan fingerprint density at radius 2 is 2.67 bits per heavy atom. The average molecular weight is 133 g/mol. The first-order valence-corrected chi connectivity index (χ1v) is 2.77. The largest absolute Gasteiger partial charge is 0.447 e. The van der Waals surface area contributed by atoms with Crippen LogP contribution in [0, 0.1) is 0 Å². The van der Waals surface area contributed by atoms with Crippen LogP contribution < -0.4 is 5.32 Å². The SMILES string of the molecule is CC(F)[C@@H]1COC(=O)N1. The molecule has 1 N–H and O–H groups in total. The Bertz CT molecular complexity index is 126. The summed E-state index contributed by atoms with van der Waals surface area (Å²) in [6, 6.07) is -0.447. The van der Waals surface area contributed by atoms with Gasteiger partial charge in [0.2, 0.25) is 0 Å². The molecule has 0 aromatic heterocycles. The molecule has 2 atom stereocenters. The van der Waals surface area contributed by atoms with Crippen molar-refractivity contribution in [1.82, 2.24) is 5.32 Å². The highest BCUT2D eigenvalue weighted by atomic mass is 19.1. The van der Waals surface area contributed by atoms with Gasteiger partial charge in [-0.2, -0.15) is 0 Å². The predicted molar refractivity (Wildman–Crippen MR) is 28.8 cm³/mol.